The van der Waals surface area contributed by atoms with Gasteiger partial charge in [0.1, 0.15) is 17.0 Å². The van der Waals surface area contributed by atoms with Crippen molar-refractivity contribution in [2.75, 3.05) is 20.8 Å². The van der Waals surface area contributed by atoms with Crippen molar-refractivity contribution in [2.24, 2.45) is 29.4 Å². The minimum Gasteiger partial charge on any atom is -0.496 e. The number of ether oxygens (including phenoxy) is 2. The van der Waals surface area contributed by atoms with Gasteiger partial charge in [-0.15, -0.1) is 12.4 Å². The molecule has 4 fully saturated rings. The van der Waals surface area contributed by atoms with E-state index in [4.69, 9.17) is 20.3 Å². The lowest BCUT2D eigenvalue weighted by Gasteiger charge is -2.59. The summed E-state index contributed by atoms with van der Waals surface area (Å²) < 4.78 is 13.2. The van der Waals surface area contributed by atoms with Crippen LogP contribution in [0.4, 0.5) is 0 Å². The van der Waals surface area contributed by atoms with Gasteiger partial charge in [0.25, 0.3) is 11.8 Å². The predicted molar refractivity (Wildman–Crippen MR) is 198 cm³/mol. The van der Waals surface area contributed by atoms with Gasteiger partial charge in [0.2, 0.25) is 0 Å². The van der Waals surface area contributed by atoms with Gasteiger partial charge in [-0.2, -0.15) is 5.10 Å². The Morgan fingerprint density at radius 2 is 1.55 bits per heavy atom. The summed E-state index contributed by atoms with van der Waals surface area (Å²) in [5.41, 5.74) is 7.78. The normalized spacial score (nSPS) is 23.5. The number of hydrogen-bond donors (Lipinski definition) is 4. The van der Waals surface area contributed by atoms with E-state index in [2.05, 4.69) is 10.6 Å². The number of nitrogens with two attached hydrogens (primary N) is 1. The quantitative estimate of drug-likeness (QED) is 0.159. The Morgan fingerprint density at radius 1 is 0.961 bits per heavy atom. The van der Waals surface area contributed by atoms with E-state index in [1.165, 1.54) is 0 Å². The summed E-state index contributed by atoms with van der Waals surface area (Å²) in [6.07, 6.45) is 5.91. The molecule has 2 aromatic carbocycles. The lowest BCUT2D eigenvalue weighted by atomic mass is 9.48. The Balaban J connectivity index is 0.00000504. The molecule has 1 aromatic heterocycles. The zero-order chi connectivity index (χ0) is 36.0. The number of carbonyl (C=O) groups is 3. The molecule has 11 nitrogen and oxygen atoms in total. The molecule has 0 spiro atoms. The number of aromatic nitrogens is 2. The van der Waals surface area contributed by atoms with Crippen molar-refractivity contribution in [2.45, 2.75) is 89.6 Å². The van der Waals surface area contributed by atoms with E-state index in [9.17, 15) is 19.5 Å². The Kier molecular flexibility index (Phi) is 11.1. The number of nitrogens with one attached hydrogen (secondary N) is 2. The van der Waals surface area contributed by atoms with Gasteiger partial charge in [0, 0.05) is 17.6 Å². The molecule has 4 aliphatic carbocycles. The largest absolute Gasteiger partial charge is 0.496 e. The van der Waals surface area contributed by atoms with Crippen LogP contribution in [0, 0.1) is 23.7 Å². The van der Waals surface area contributed by atoms with Crippen molar-refractivity contribution in [3.63, 3.8) is 0 Å². The first kappa shape index (κ1) is 38.1. The summed E-state index contributed by atoms with van der Waals surface area (Å²) >= 11 is 0. The fourth-order valence-corrected chi connectivity index (χ4v) is 8.97. The molecule has 2 amide bonds. The number of amides is 2. The van der Waals surface area contributed by atoms with Crippen molar-refractivity contribution in [3.05, 3.63) is 59.3 Å². The van der Waals surface area contributed by atoms with E-state index in [0.717, 1.165) is 50.5 Å². The predicted octanol–water partition coefficient (Wildman–Crippen LogP) is 6.36. The van der Waals surface area contributed by atoms with Crippen LogP contribution in [-0.2, 0) is 4.79 Å². The maximum absolute atomic E-state index is 14.2. The lowest BCUT2D eigenvalue weighted by Crippen LogP contribution is -2.70. The zero-order valence-corrected chi connectivity index (χ0v) is 31.3. The molecule has 0 aliphatic heterocycles. The van der Waals surface area contributed by atoms with Gasteiger partial charge < -0.3 is 30.9 Å². The molecule has 1 heterocycles. The number of methoxy groups -OCH3 is 2. The Bertz CT molecular complexity index is 1730. The number of nitrogens with zero attached hydrogens (tertiary/aromatic N) is 2. The summed E-state index contributed by atoms with van der Waals surface area (Å²) in [6, 6.07) is 12.6. The van der Waals surface area contributed by atoms with Crippen LogP contribution in [0.2, 0.25) is 0 Å². The smallest absolute Gasteiger partial charge is 0.330 e. The van der Waals surface area contributed by atoms with Crippen molar-refractivity contribution < 1.29 is 29.0 Å². The Morgan fingerprint density at radius 3 is 2.06 bits per heavy atom. The number of carboxylic acids is 1. The first-order valence-corrected chi connectivity index (χ1v) is 18.0. The van der Waals surface area contributed by atoms with Crippen LogP contribution < -0.4 is 25.8 Å². The first-order valence-electron chi connectivity index (χ1n) is 18.0. The second-order valence-electron chi connectivity index (χ2n) is 15.0. The van der Waals surface area contributed by atoms with Crippen LogP contribution in [0.3, 0.4) is 0 Å². The molecule has 276 valence electrons. The van der Waals surface area contributed by atoms with Gasteiger partial charge in [-0.3, -0.25) is 9.59 Å². The molecule has 4 saturated carbocycles. The minimum absolute atomic E-state index is 0. The van der Waals surface area contributed by atoms with Gasteiger partial charge in [0.05, 0.1) is 31.2 Å². The number of hydrogen-bond acceptors (Lipinski definition) is 7. The number of rotatable bonds is 13. The lowest BCUT2D eigenvalue weighted by molar-refractivity contribution is -0.163. The molecule has 0 saturated heterocycles. The van der Waals surface area contributed by atoms with Crippen molar-refractivity contribution in [3.8, 4) is 28.4 Å². The average Bonchev–Trinajstić information content (AvgIpc) is 3.56. The van der Waals surface area contributed by atoms with Gasteiger partial charge in [-0.05, 0) is 116 Å². The van der Waals surface area contributed by atoms with E-state index >= 15 is 0 Å². The van der Waals surface area contributed by atoms with Crippen LogP contribution in [-0.4, -0.2) is 64.5 Å². The van der Waals surface area contributed by atoms with Crippen molar-refractivity contribution >= 4 is 30.2 Å². The third-order valence-corrected chi connectivity index (χ3v) is 11.9. The maximum atomic E-state index is 14.2. The molecule has 0 unspecified atom stereocenters. The molecular formula is C39H52ClN5O6. The van der Waals surface area contributed by atoms with Crippen molar-refractivity contribution in [1.82, 2.24) is 20.4 Å². The third kappa shape index (κ3) is 6.82. The number of halogens is 1. The molecule has 3 aromatic rings. The maximum Gasteiger partial charge on any atom is 0.330 e. The standard InChI is InChI=1S/C39H51N5O6.ClH/c1-7-38(40,8-2)21-41-35(45)28-13-12-27(19-29(28)22(3)4)44-31(34-32(49-5)10-9-11-33(34)50-6)20-30(43-44)36(46)42-39(37(47)48)25-15-23-14-24(17-25)18-26(39)16-23;/h9-13,19-20,22-26H,7-8,14-18,21,40H2,1-6H3,(H,41,45)(H,42,46)(H,47,48);1H. The third-order valence-electron chi connectivity index (χ3n) is 11.9. The van der Waals surface area contributed by atoms with E-state index in [0.29, 0.717) is 52.4 Å². The van der Waals surface area contributed by atoms with Crippen LogP contribution >= 0.6 is 12.4 Å². The van der Waals surface area contributed by atoms with E-state index in [1.807, 2.05) is 39.8 Å². The second kappa shape index (κ2) is 14.9. The SMILES string of the molecule is CCC(N)(CC)CNC(=O)c1ccc(-n2nc(C(=O)NC3(C(=O)O)C4CC5CC(C4)CC3C5)cc2-c2c(OC)cccc2OC)cc1C(C)C.Cl. The highest BCUT2D eigenvalue weighted by atomic mass is 35.5. The molecule has 0 atom stereocenters. The number of benzene rings is 2. The minimum atomic E-state index is -1.33. The summed E-state index contributed by atoms with van der Waals surface area (Å²) in [5.74, 6) is 0.130. The van der Waals surface area contributed by atoms with Crippen LogP contribution in [0.25, 0.3) is 16.9 Å². The topological polar surface area (TPSA) is 158 Å². The number of carbonyl (C=O) groups excluding carboxylic acids is 2. The summed E-state index contributed by atoms with van der Waals surface area (Å²) in [7, 11) is 3.12. The molecule has 7 rings (SSSR count). The molecule has 0 radical (unpaired) electrons. The van der Waals surface area contributed by atoms with Crippen LogP contribution in [0.1, 0.15) is 105 Å². The summed E-state index contributed by atoms with van der Waals surface area (Å²) in [5, 5.41) is 21.6. The van der Waals surface area contributed by atoms with Gasteiger partial charge in [-0.1, -0.05) is 33.8 Å². The molecule has 4 aliphatic rings. The fourth-order valence-electron chi connectivity index (χ4n) is 8.97. The van der Waals surface area contributed by atoms with E-state index in [1.54, 1.807) is 49.2 Å². The van der Waals surface area contributed by atoms with E-state index < -0.39 is 23.0 Å². The van der Waals surface area contributed by atoms with Gasteiger partial charge >= 0.3 is 5.97 Å². The zero-order valence-electron chi connectivity index (χ0n) is 30.5. The monoisotopic (exact) mass is 721 g/mol. The summed E-state index contributed by atoms with van der Waals surface area (Å²) in [6.45, 7) is 8.42. The highest BCUT2D eigenvalue weighted by Gasteiger charge is 2.62. The van der Waals surface area contributed by atoms with Crippen LogP contribution in [0.15, 0.2) is 42.5 Å². The first-order chi connectivity index (χ1) is 23.9. The molecular weight excluding hydrogens is 670 g/mol. The highest BCUT2D eigenvalue weighted by molar-refractivity contribution is 5.98. The second-order valence-corrected chi connectivity index (χ2v) is 15.0. The van der Waals surface area contributed by atoms with Crippen LogP contribution in [0.5, 0.6) is 11.5 Å². The van der Waals surface area contributed by atoms with E-state index in [-0.39, 0.29) is 41.8 Å². The van der Waals surface area contributed by atoms with Gasteiger partial charge in [0.15, 0.2) is 5.69 Å². The fraction of sp³-hybridized carbons (Fsp3) is 0.538. The average molecular weight is 722 g/mol. The summed E-state index contributed by atoms with van der Waals surface area (Å²) in [4.78, 5) is 40.8. The number of aliphatic carboxylic acids is 1. The molecule has 51 heavy (non-hydrogen) atoms. The van der Waals surface area contributed by atoms with Gasteiger partial charge in [-0.25, -0.2) is 9.48 Å². The number of carboxylic acid groups (broad SMARTS) is 1. The molecule has 12 heteroatoms. The Labute approximate surface area is 306 Å². The highest BCUT2D eigenvalue weighted by Crippen LogP contribution is 2.58. The van der Waals surface area contributed by atoms with Crippen molar-refractivity contribution in [1.29, 1.82) is 0 Å². The molecule has 5 N–H and O–H groups in total. The Hall–Kier alpha value is -4.09. The molecule has 4 bridgehead atoms.